The summed E-state index contributed by atoms with van der Waals surface area (Å²) in [6, 6.07) is 4.89. The summed E-state index contributed by atoms with van der Waals surface area (Å²) in [6.07, 6.45) is 3.17. The third kappa shape index (κ3) is 2.08. The molecule has 0 bridgehead atoms. The van der Waals surface area contributed by atoms with Crippen LogP contribution in [0, 0.1) is 5.82 Å². The lowest BCUT2D eigenvalue weighted by molar-refractivity contribution is 0.596. The molecule has 1 heterocycles. The largest absolute Gasteiger partial charge is 0.316 e. The van der Waals surface area contributed by atoms with Crippen LogP contribution in [0.3, 0.4) is 0 Å². The molecule has 84 valence electrons. The van der Waals surface area contributed by atoms with E-state index in [4.69, 9.17) is 11.6 Å². The minimum absolute atomic E-state index is 0.251. The third-order valence-electron chi connectivity index (χ3n) is 2.25. The smallest absolute Gasteiger partial charge is 0.129 e. The molecule has 1 N–H and O–H groups in total. The Morgan fingerprint density at radius 2 is 2.31 bits per heavy atom. The maximum absolute atomic E-state index is 13.6. The van der Waals surface area contributed by atoms with Gasteiger partial charge >= 0.3 is 0 Å². The molecule has 2 aromatic rings. The van der Waals surface area contributed by atoms with Crippen molar-refractivity contribution in [3.8, 4) is 5.69 Å². The van der Waals surface area contributed by atoms with Gasteiger partial charge in [-0.05, 0) is 19.2 Å². The number of hydrogen-bond acceptors (Lipinski definition) is 2. The summed E-state index contributed by atoms with van der Waals surface area (Å²) >= 11 is 5.79. The van der Waals surface area contributed by atoms with E-state index in [1.807, 2.05) is 0 Å². The Bertz CT molecular complexity index is 496. The zero-order valence-corrected chi connectivity index (χ0v) is 9.50. The molecule has 0 saturated carbocycles. The summed E-state index contributed by atoms with van der Waals surface area (Å²) in [5, 5.41) is 7.52. The Kier molecular flexibility index (Phi) is 3.22. The van der Waals surface area contributed by atoms with E-state index in [0.717, 1.165) is 0 Å². The average Bonchev–Trinajstić information content (AvgIpc) is 2.68. The first-order valence-electron chi connectivity index (χ1n) is 4.85. The van der Waals surface area contributed by atoms with E-state index >= 15 is 0 Å². The van der Waals surface area contributed by atoms with Crippen LogP contribution in [0.2, 0.25) is 5.02 Å². The highest BCUT2D eigenvalue weighted by atomic mass is 35.5. The van der Waals surface area contributed by atoms with E-state index in [-0.39, 0.29) is 5.82 Å². The molecule has 0 amide bonds. The minimum atomic E-state index is -0.251. The zero-order valence-electron chi connectivity index (χ0n) is 8.74. The molecular formula is C11H11ClFN3. The fourth-order valence-electron chi connectivity index (χ4n) is 1.55. The van der Waals surface area contributed by atoms with E-state index in [9.17, 15) is 4.39 Å². The summed E-state index contributed by atoms with van der Waals surface area (Å²) in [5.74, 6) is -0.251. The lowest BCUT2D eigenvalue weighted by atomic mass is 10.1. The molecule has 1 aromatic carbocycles. The first kappa shape index (κ1) is 11.1. The first-order valence-corrected chi connectivity index (χ1v) is 5.22. The quantitative estimate of drug-likeness (QED) is 0.891. The van der Waals surface area contributed by atoms with Gasteiger partial charge in [-0.1, -0.05) is 17.7 Å². The van der Waals surface area contributed by atoms with Crippen molar-refractivity contribution in [2.45, 2.75) is 6.54 Å². The predicted octanol–water partition coefficient (Wildman–Crippen LogP) is 2.38. The molecule has 2 rings (SSSR count). The van der Waals surface area contributed by atoms with Crippen molar-refractivity contribution in [3.63, 3.8) is 0 Å². The normalized spacial score (nSPS) is 10.7. The highest BCUT2D eigenvalue weighted by Crippen LogP contribution is 2.19. The van der Waals surface area contributed by atoms with E-state index < -0.39 is 0 Å². The molecule has 5 heteroatoms. The highest BCUT2D eigenvalue weighted by Gasteiger charge is 2.09. The lowest BCUT2D eigenvalue weighted by Gasteiger charge is -2.09. The molecule has 1 aromatic heterocycles. The monoisotopic (exact) mass is 239 g/mol. The molecule has 3 nitrogen and oxygen atoms in total. The van der Waals surface area contributed by atoms with Crippen LogP contribution in [0.4, 0.5) is 4.39 Å². The Labute approximate surface area is 97.8 Å². The number of nitrogens with zero attached hydrogens (tertiary/aromatic N) is 2. The van der Waals surface area contributed by atoms with E-state index in [0.29, 0.717) is 22.8 Å². The number of halogens is 2. The van der Waals surface area contributed by atoms with E-state index in [2.05, 4.69) is 10.4 Å². The maximum Gasteiger partial charge on any atom is 0.129 e. The van der Waals surface area contributed by atoms with Gasteiger partial charge in [-0.25, -0.2) is 9.07 Å². The Hall–Kier alpha value is -1.39. The molecule has 0 spiro atoms. The van der Waals surface area contributed by atoms with Crippen LogP contribution in [0.25, 0.3) is 5.69 Å². The van der Waals surface area contributed by atoms with Crippen molar-refractivity contribution >= 4 is 11.6 Å². The number of aromatic nitrogens is 2. The molecule has 0 radical (unpaired) electrons. The van der Waals surface area contributed by atoms with Gasteiger partial charge in [0.15, 0.2) is 0 Å². The van der Waals surface area contributed by atoms with Gasteiger partial charge in [0.1, 0.15) is 5.82 Å². The number of nitrogens with one attached hydrogen (secondary N) is 1. The van der Waals surface area contributed by atoms with Crippen LogP contribution >= 0.6 is 11.6 Å². The van der Waals surface area contributed by atoms with Gasteiger partial charge in [-0.15, -0.1) is 0 Å². The molecule has 0 unspecified atom stereocenters. The molecule has 0 aliphatic carbocycles. The minimum Gasteiger partial charge on any atom is -0.316 e. The lowest BCUT2D eigenvalue weighted by Crippen LogP contribution is -2.11. The van der Waals surface area contributed by atoms with Gasteiger partial charge in [0.05, 0.1) is 16.9 Å². The van der Waals surface area contributed by atoms with Gasteiger partial charge in [0.2, 0.25) is 0 Å². The van der Waals surface area contributed by atoms with Crippen molar-refractivity contribution in [1.82, 2.24) is 15.1 Å². The van der Waals surface area contributed by atoms with Gasteiger partial charge in [-0.2, -0.15) is 5.10 Å². The van der Waals surface area contributed by atoms with Crippen LogP contribution in [0.5, 0.6) is 0 Å². The van der Waals surface area contributed by atoms with E-state index in [1.165, 1.54) is 12.3 Å². The van der Waals surface area contributed by atoms with E-state index in [1.54, 1.807) is 30.1 Å². The van der Waals surface area contributed by atoms with Gasteiger partial charge < -0.3 is 5.32 Å². The first-order chi connectivity index (χ1) is 7.72. The fourth-order valence-corrected chi connectivity index (χ4v) is 1.68. The summed E-state index contributed by atoms with van der Waals surface area (Å²) in [6.45, 7) is 0.444. The molecule has 16 heavy (non-hydrogen) atoms. The van der Waals surface area contributed by atoms with Crippen molar-refractivity contribution in [2.24, 2.45) is 0 Å². The molecule has 0 fully saturated rings. The second-order valence-corrected chi connectivity index (χ2v) is 3.81. The third-order valence-corrected chi connectivity index (χ3v) is 2.44. The molecule has 0 aliphatic rings. The number of hydrogen-bond donors (Lipinski definition) is 1. The predicted molar refractivity (Wildman–Crippen MR) is 61.3 cm³/mol. The molecular weight excluding hydrogens is 229 g/mol. The summed E-state index contributed by atoms with van der Waals surface area (Å²) in [5.41, 5.74) is 1.27. The Morgan fingerprint density at radius 3 is 2.94 bits per heavy atom. The SMILES string of the molecule is CNCc1c(F)cccc1-n1cc(Cl)cn1. The highest BCUT2D eigenvalue weighted by molar-refractivity contribution is 6.30. The maximum atomic E-state index is 13.6. The second kappa shape index (κ2) is 4.63. The number of rotatable bonds is 3. The topological polar surface area (TPSA) is 29.9 Å². The van der Waals surface area contributed by atoms with Crippen LogP contribution < -0.4 is 5.32 Å². The van der Waals surface area contributed by atoms with Crippen LogP contribution in [0.1, 0.15) is 5.56 Å². The Balaban J connectivity index is 2.51. The second-order valence-electron chi connectivity index (χ2n) is 3.37. The molecule has 0 aliphatic heterocycles. The molecule has 0 atom stereocenters. The van der Waals surface area contributed by atoms with Crippen molar-refractivity contribution in [2.75, 3.05) is 7.05 Å². The van der Waals surface area contributed by atoms with Gasteiger partial charge in [-0.3, -0.25) is 0 Å². The Morgan fingerprint density at radius 1 is 1.50 bits per heavy atom. The standard InChI is InChI=1S/C11H11ClFN3/c1-14-6-9-10(13)3-2-4-11(9)16-7-8(12)5-15-16/h2-5,7,14H,6H2,1H3. The summed E-state index contributed by atoms with van der Waals surface area (Å²) < 4.78 is 15.2. The molecule has 0 saturated heterocycles. The summed E-state index contributed by atoms with van der Waals surface area (Å²) in [7, 11) is 1.77. The summed E-state index contributed by atoms with van der Waals surface area (Å²) in [4.78, 5) is 0. The van der Waals surface area contributed by atoms with Crippen molar-refractivity contribution < 1.29 is 4.39 Å². The van der Waals surface area contributed by atoms with Crippen molar-refractivity contribution in [1.29, 1.82) is 0 Å². The average molecular weight is 240 g/mol. The van der Waals surface area contributed by atoms with Gasteiger partial charge in [0.25, 0.3) is 0 Å². The van der Waals surface area contributed by atoms with Crippen molar-refractivity contribution in [3.05, 3.63) is 47.0 Å². The fraction of sp³-hybridized carbons (Fsp3) is 0.182. The zero-order chi connectivity index (χ0) is 11.5. The van der Waals surface area contributed by atoms with Crippen LogP contribution in [-0.4, -0.2) is 16.8 Å². The van der Waals surface area contributed by atoms with Gasteiger partial charge in [0, 0.05) is 18.3 Å². The number of benzene rings is 1. The van der Waals surface area contributed by atoms with Crippen LogP contribution in [0.15, 0.2) is 30.6 Å². The van der Waals surface area contributed by atoms with Crippen LogP contribution in [-0.2, 0) is 6.54 Å².